The lowest BCUT2D eigenvalue weighted by molar-refractivity contribution is 0.0576. The number of amides is 1. The van der Waals surface area contributed by atoms with Gasteiger partial charge in [0.15, 0.2) is 0 Å². The minimum Gasteiger partial charge on any atom is -0.331 e. The maximum absolute atomic E-state index is 12.2. The van der Waals surface area contributed by atoms with Crippen molar-refractivity contribution in [3.05, 3.63) is 16.6 Å². The van der Waals surface area contributed by atoms with Crippen molar-refractivity contribution in [2.75, 3.05) is 18.4 Å². The summed E-state index contributed by atoms with van der Waals surface area (Å²) in [6.07, 6.45) is -1.12. The molecule has 0 spiro atoms. The zero-order valence-electron chi connectivity index (χ0n) is 7.70. The van der Waals surface area contributed by atoms with E-state index in [1.165, 1.54) is 11.7 Å². The summed E-state index contributed by atoms with van der Waals surface area (Å²) >= 11 is 4.27. The summed E-state index contributed by atoms with van der Waals surface area (Å²) in [6.45, 7) is -0.274. The van der Waals surface area contributed by atoms with Gasteiger partial charge in [-0.1, -0.05) is 15.9 Å². The molecule has 1 rings (SSSR count). The van der Waals surface area contributed by atoms with Gasteiger partial charge >= 0.3 is 0 Å². The molecule has 3 nitrogen and oxygen atoms in total. The molecule has 0 aliphatic carbocycles. The SMILES string of the molecule is O=C(c1cncs1)N(CCBr)CC(F)F. The number of hydrogen-bond acceptors (Lipinski definition) is 3. The molecule has 1 aromatic rings. The van der Waals surface area contributed by atoms with Crippen LogP contribution in [0.3, 0.4) is 0 Å². The Hall–Kier alpha value is -0.560. The highest BCUT2D eigenvalue weighted by Crippen LogP contribution is 2.11. The molecule has 0 saturated heterocycles. The van der Waals surface area contributed by atoms with Crippen LogP contribution in [0.15, 0.2) is 11.7 Å². The lowest BCUT2D eigenvalue weighted by Gasteiger charge is -2.20. The number of rotatable bonds is 5. The van der Waals surface area contributed by atoms with E-state index in [2.05, 4.69) is 20.9 Å². The van der Waals surface area contributed by atoms with E-state index in [1.807, 2.05) is 0 Å². The van der Waals surface area contributed by atoms with Gasteiger partial charge in [-0.2, -0.15) is 0 Å². The zero-order chi connectivity index (χ0) is 11.3. The van der Waals surface area contributed by atoms with Crippen LogP contribution in [0, 0.1) is 0 Å². The number of alkyl halides is 3. The van der Waals surface area contributed by atoms with Crippen molar-refractivity contribution in [3.63, 3.8) is 0 Å². The highest BCUT2D eigenvalue weighted by atomic mass is 79.9. The lowest BCUT2D eigenvalue weighted by Crippen LogP contribution is -2.36. The van der Waals surface area contributed by atoms with E-state index < -0.39 is 18.9 Å². The normalized spacial score (nSPS) is 10.7. The van der Waals surface area contributed by atoms with Crippen molar-refractivity contribution in [1.29, 1.82) is 0 Å². The van der Waals surface area contributed by atoms with Gasteiger partial charge in [0.05, 0.1) is 18.3 Å². The van der Waals surface area contributed by atoms with Crippen LogP contribution in [0.2, 0.25) is 0 Å². The summed E-state index contributed by atoms with van der Waals surface area (Å²) in [6, 6.07) is 0. The van der Waals surface area contributed by atoms with Crippen LogP contribution in [0.1, 0.15) is 9.67 Å². The molecule has 0 aromatic carbocycles. The second kappa shape index (κ2) is 6.12. The first-order valence-electron chi connectivity index (χ1n) is 4.17. The van der Waals surface area contributed by atoms with E-state index in [-0.39, 0.29) is 6.54 Å². The third-order valence-electron chi connectivity index (χ3n) is 1.64. The topological polar surface area (TPSA) is 33.2 Å². The summed E-state index contributed by atoms with van der Waals surface area (Å²) < 4.78 is 24.4. The maximum atomic E-state index is 12.2. The molecule has 84 valence electrons. The van der Waals surface area contributed by atoms with Crippen LogP contribution in [0.5, 0.6) is 0 Å². The van der Waals surface area contributed by atoms with Crippen LogP contribution in [-0.2, 0) is 0 Å². The average molecular weight is 299 g/mol. The second-order valence-corrected chi connectivity index (χ2v) is 4.38. The predicted molar refractivity (Wildman–Crippen MR) is 57.8 cm³/mol. The summed E-state index contributed by atoms with van der Waals surface area (Å²) in [4.78, 5) is 16.9. The molecule has 1 heterocycles. The van der Waals surface area contributed by atoms with Crippen molar-refractivity contribution in [3.8, 4) is 0 Å². The molecule has 15 heavy (non-hydrogen) atoms. The van der Waals surface area contributed by atoms with Gasteiger partial charge in [-0.05, 0) is 0 Å². The van der Waals surface area contributed by atoms with Crippen LogP contribution >= 0.6 is 27.3 Å². The van der Waals surface area contributed by atoms with E-state index in [0.717, 1.165) is 16.2 Å². The van der Waals surface area contributed by atoms with E-state index in [1.54, 1.807) is 0 Å². The number of hydrogen-bond donors (Lipinski definition) is 0. The van der Waals surface area contributed by atoms with Gasteiger partial charge in [0.2, 0.25) is 0 Å². The smallest absolute Gasteiger partial charge is 0.265 e. The van der Waals surface area contributed by atoms with Crippen molar-refractivity contribution < 1.29 is 13.6 Å². The monoisotopic (exact) mass is 298 g/mol. The molecule has 0 radical (unpaired) electrons. The van der Waals surface area contributed by atoms with Gasteiger partial charge in [0.25, 0.3) is 12.3 Å². The maximum Gasteiger partial charge on any atom is 0.265 e. The minimum atomic E-state index is -2.51. The number of halogens is 3. The highest BCUT2D eigenvalue weighted by molar-refractivity contribution is 9.09. The van der Waals surface area contributed by atoms with Crippen molar-refractivity contribution in [2.45, 2.75) is 6.43 Å². The molecule has 0 aliphatic rings. The first-order valence-corrected chi connectivity index (χ1v) is 6.17. The predicted octanol–water partition coefficient (Wildman–Crippen LogP) is 2.25. The standard InChI is InChI=1S/C8H9BrF2N2OS/c9-1-2-13(4-7(10)11)8(14)6-3-12-5-15-6/h3,5,7H,1-2,4H2. The fraction of sp³-hybridized carbons (Fsp3) is 0.500. The van der Waals surface area contributed by atoms with Crippen LogP contribution in [0.25, 0.3) is 0 Å². The number of thiazole rings is 1. The van der Waals surface area contributed by atoms with Gasteiger partial charge in [-0.3, -0.25) is 9.78 Å². The van der Waals surface area contributed by atoms with Gasteiger partial charge in [0, 0.05) is 11.9 Å². The fourth-order valence-corrected chi connectivity index (χ4v) is 2.04. The molecule has 0 bridgehead atoms. The molecule has 0 fully saturated rings. The van der Waals surface area contributed by atoms with Gasteiger partial charge < -0.3 is 4.90 Å². The van der Waals surface area contributed by atoms with Crippen LogP contribution < -0.4 is 0 Å². The van der Waals surface area contributed by atoms with Gasteiger partial charge in [-0.15, -0.1) is 11.3 Å². The molecule has 0 aliphatic heterocycles. The van der Waals surface area contributed by atoms with Crippen molar-refractivity contribution >= 4 is 33.2 Å². The summed E-state index contributed by atoms with van der Waals surface area (Å²) in [5, 5.41) is 0.476. The summed E-state index contributed by atoms with van der Waals surface area (Å²) in [5.74, 6) is -0.391. The zero-order valence-corrected chi connectivity index (χ0v) is 10.1. The largest absolute Gasteiger partial charge is 0.331 e. The van der Waals surface area contributed by atoms with E-state index in [4.69, 9.17) is 0 Å². The van der Waals surface area contributed by atoms with E-state index in [9.17, 15) is 13.6 Å². The third-order valence-corrected chi connectivity index (χ3v) is 2.76. The number of nitrogens with zero attached hydrogens (tertiary/aromatic N) is 2. The highest BCUT2D eigenvalue weighted by Gasteiger charge is 2.19. The first kappa shape index (κ1) is 12.5. The Kier molecular flexibility index (Phi) is 5.10. The molecule has 0 N–H and O–H groups in total. The average Bonchev–Trinajstić information content (AvgIpc) is 2.68. The van der Waals surface area contributed by atoms with Crippen molar-refractivity contribution in [1.82, 2.24) is 9.88 Å². The minimum absolute atomic E-state index is 0.265. The Bertz CT molecular complexity index is 308. The second-order valence-electron chi connectivity index (χ2n) is 2.70. The van der Waals surface area contributed by atoms with Gasteiger partial charge in [-0.25, -0.2) is 8.78 Å². The summed E-state index contributed by atoms with van der Waals surface area (Å²) in [7, 11) is 0. The Labute approximate surface area is 98.2 Å². The first-order chi connectivity index (χ1) is 7.15. The number of carbonyl (C=O) groups excluding carboxylic acids is 1. The molecule has 1 aromatic heterocycles. The Morgan fingerprint density at radius 1 is 1.67 bits per heavy atom. The lowest BCUT2D eigenvalue weighted by atomic mass is 10.4. The number of carbonyl (C=O) groups is 1. The Morgan fingerprint density at radius 3 is 2.87 bits per heavy atom. The van der Waals surface area contributed by atoms with E-state index in [0.29, 0.717) is 10.2 Å². The molecule has 7 heteroatoms. The molecular formula is C8H9BrF2N2OS. The third kappa shape index (κ3) is 3.83. The molecule has 1 amide bonds. The Morgan fingerprint density at radius 2 is 2.40 bits per heavy atom. The number of aromatic nitrogens is 1. The van der Waals surface area contributed by atoms with Crippen molar-refractivity contribution in [2.24, 2.45) is 0 Å². The quantitative estimate of drug-likeness (QED) is 0.781. The molecule has 0 atom stereocenters. The van der Waals surface area contributed by atoms with Crippen LogP contribution in [0.4, 0.5) is 8.78 Å². The fourth-order valence-electron chi connectivity index (χ4n) is 1.02. The van der Waals surface area contributed by atoms with Gasteiger partial charge in [0.1, 0.15) is 4.88 Å². The molecular weight excluding hydrogens is 290 g/mol. The Balaban J connectivity index is 2.67. The van der Waals surface area contributed by atoms with Crippen LogP contribution in [-0.4, -0.2) is 40.6 Å². The van der Waals surface area contributed by atoms with E-state index >= 15 is 0 Å². The summed E-state index contributed by atoms with van der Waals surface area (Å²) in [5.41, 5.74) is 1.50. The molecule has 0 saturated carbocycles. The molecule has 0 unspecified atom stereocenters.